The fourth-order valence-electron chi connectivity index (χ4n) is 4.16. The third-order valence-electron chi connectivity index (χ3n) is 6.61. The predicted octanol–water partition coefficient (Wildman–Crippen LogP) is 5.49. The van der Waals surface area contributed by atoms with Crippen LogP contribution >= 0.6 is 11.3 Å². The molecule has 0 bridgehead atoms. The molecular formula is C29H35N3O6S. The van der Waals surface area contributed by atoms with E-state index in [0.717, 1.165) is 15.3 Å². The number of nitro benzene ring substituents is 1. The summed E-state index contributed by atoms with van der Waals surface area (Å²) in [6.45, 7) is 6.55. The molecular weight excluding hydrogens is 518 g/mol. The van der Waals surface area contributed by atoms with Gasteiger partial charge in [0, 0.05) is 40.0 Å². The third-order valence-corrected chi connectivity index (χ3v) is 7.59. The number of benzene rings is 2. The van der Waals surface area contributed by atoms with Crippen LogP contribution in [0.1, 0.15) is 45.9 Å². The van der Waals surface area contributed by atoms with E-state index in [4.69, 9.17) is 9.47 Å². The lowest BCUT2D eigenvalue weighted by Crippen LogP contribution is -2.46. The van der Waals surface area contributed by atoms with Crippen molar-refractivity contribution in [2.24, 2.45) is 0 Å². The van der Waals surface area contributed by atoms with E-state index < -0.39 is 10.8 Å². The van der Waals surface area contributed by atoms with E-state index in [0.29, 0.717) is 37.4 Å². The Kier molecular flexibility index (Phi) is 10.4. The van der Waals surface area contributed by atoms with Gasteiger partial charge in [-0.2, -0.15) is 0 Å². The van der Waals surface area contributed by atoms with Crippen molar-refractivity contribution in [3.05, 3.63) is 85.6 Å². The zero-order valence-corrected chi connectivity index (χ0v) is 23.8. The van der Waals surface area contributed by atoms with Crippen molar-refractivity contribution in [3.8, 4) is 11.5 Å². The Morgan fingerprint density at radius 1 is 1.05 bits per heavy atom. The monoisotopic (exact) mass is 553 g/mol. The lowest BCUT2D eigenvalue weighted by molar-refractivity contribution is -0.384. The number of ether oxygens (including phenoxy) is 2. The maximum Gasteiger partial charge on any atom is 0.270 e. The van der Waals surface area contributed by atoms with Gasteiger partial charge in [-0.1, -0.05) is 19.1 Å². The van der Waals surface area contributed by atoms with Gasteiger partial charge in [-0.3, -0.25) is 19.7 Å². The van der Waals surface area contributed by atoms with Gasteiger partial charge in [0.2, 0.25) is 5.91 Å². The first-order chi connectivity index (χ1) is 18.7. The van der Waals surface area contributed by atoms with Crippen LogP contribution in [0.2, 0.25) is 0 Å². The summed E-state index contributed by atoms with van der Waals surface area (Å²) in [6, 6.07) is 15.1. The summed E-state index contributed by atoms with van der Waals surface area (Å²) in [4.78, 5) is 43.4. The molecule has 0 fully saturated rings. The van der Waals surface area contributed by atoms with Crippen LogP contribution in [0.4, 0.5) is 5.69 Å². The molecule has 1 heterocycles. The Hall–Kier alpha value is -3.92. The van der Waals surface area contributed by atoms with Crippen LogP contribution in [-0.4, -0.2) is 59.9 Å². The molecule has 0 radical (unpaired) electrons. The first kappa shape index (κ1) is 29.6. The van der Waals surface area contributed by atoms with Gasteiger partial charge in [-0.15, -0.1) is 11.3 Å². The van der Waals surface area contributed by atoms with Crippen LogP contribution in [0, 0.1) is 17.0 Å². The van der Waals surface area contributed by atoms with Gasteiger partial charge in [0.25, 0.3) is 11.6 Å². The summed E-state index contributed by atoms with van der Waals surface area (Å²) in [7, 11) is 3.16. The van der Waals surface area contributed by atoms with E-state index in [2.05, 4.69) is 0 Å². The Bertz CT molecular complexity index is 1310. The zero-order valence-electron chi connectivity index (χ0n) is 23.0. The SMILES string of the molecule is CC[C@@H](C)N(CC(=O)N(CCc1ccc(OC)c(OC)c1)Cc1ccc(C)s1)C(=O)c1cccc([N+](=O)[O-])c1. The highest BCUT2D eigenvalue weighted by molar-refractivity contribution is 7.11. The molecule has 39 heavy (non-hydrogen) atoms. The van der Waals surface area contributed by atoms with E-state index in [-0.39, 0.29) is 29.7 Å². The third kappa shape index (κ3) is 7.79. The first-order valence-corrected chi connectivity index (χ1v) is 13.6. The number of nitrogens with zero attached hydrogens (tertiary/aromatic N) is 3. The molecule has 9 nitrogen and oxygen atoms in total. The van der Waals surface area contributed by atoms with Gasteiger partial charge < -0.3 is 19.3 Å². The number of thiophene rings is 1. The number of rotatable bonds is 13. The molecule has 0 spiro atoms. The maximum atomic E-state index is 13.7. The second-order valence-electron chi connectivity index (χ2n) is 9.26. The van der Waals surface area contributed by atoms with Crippen molar-refractivity contribution in [1.29, 1.82) is 0 Å². The number of methoxy groups -OCH3 is 2. The molecule has 3 aromatic rings. The summed E-state index contributed by atoms with van der Waals surface area (Å²) in [5, 5.41) is 11.2. The number of hydrogen-bond acceptors (Lipinski definition) is 7. The molecule has 3 rings (SSSR count). The minimum atomic E-state index is -0.533. The number of carbonyl (C=O) groups is 2. The van der Waals surface area contributed by atoms with Crippen molar-refractivity contribution in [2.75, 3.05) is 27.3 Å². The normalized spacial score (nSPS) is 11.5. The van der Waals surface area contributed by atoms with Crippen LogP contribution in [0.25, 0.3) is 0 Å². The average molecular weight is 554 g/mol. The number of carbonyl (C=O) groups excluding carboxylic acids is 2. The number of aryl methyl sites for hydroxylation is 1. The fraction of sp³-hybridized carbons (Fsp3) is 0.379. The van der Waals surface area contributed by atoms with E-state index in [1.54, 1.807) is 36.5 Å². The zero-order chi connectivity index (χ0) is 28.5. The predicted molar refractivity (Wildman–Crippen MR) is 152 cm³/mol. The quantitative estimate of drug-likeness (QED) is 0.205. The van der Waals surface area contributed by atoms with Gasteiger partial charge in [0.1, 0.15) is 6.54 Å². The molecule has 0 saturated carbocycles. The molecule has 208 valence electrons. The van der Waals surface area contributed by atoms with Crippen molar-refractivity contribution >= 4 is 28.8 Å². The van der Waals surface area contributed by atoms with Gasteiger partial charge >= 0.3 is 0 Å². The fourth-order valence-corrected chi connectivity index (χ4v) is 5.07. The Morgan fingerprint density at radius 3 is 2.41 bits per heavy atom. The summed E-state index contributed by atoms with van der Waals surface area (Å²) in [6.07, 6.45) is 1.21. The smallest absolute Gasteiger partial charge is 0.270 e. The second-order valence-corrected chi connectivity index (χ2v) is 10.6. The highest BCUT2D eigenvalue weighted by Gasteiger charge is 2.27. The Labute approximate surface area is 233 Å². The van der Waals surface area contributed by atoms with E-state index >= 15 is 0 Å². The summed E-state index contributed by atoms with van der Waals surface area (Å²) in [5.41, 5.74) is 1.00. The molecule has 0 aliphatic rings. The number of amides is 2. The van der Waals surface area contributed by atoms with Gasteiger partial charge in [0.15, 0.2) is 11.5 Å². The molecule has 0 N–H and O–H groups in total. The summed E-state index contributed by atoms with van der Waals surface area (Å²) >= 11 is 1.63. The van der Waals surface area contributed by atoms with Gasteiger partial charge in [0.05, 0.1) is 25.7 Å². The molecule has 0 aliphatic carbocycles. The standard InChI is InChI=1S/C29H35N3O6S/c1-6-20(2)31(29(34)23-8-7-9-24(17-23)32(35)36)19-28(33)30(18-25-12-10-21(3)39-25)15-14-22-11-13-26(37-4)27(16-22)38-5/h7-13,16-17,20H,6,14-15,18-19H2,1-5H3/t20-/m1/s1. The van der Waals surface area contributed by atoms with E-state index in [1.807, 2.05) is 51.1 Å². The number of hydrogen-bond donors (Lipinski definition) is 0. The topological polar surface area (TPSA) is 102 Å². The molecule has 0 saturated heterocycles. The number of non-ortho nitro benzene ring substituents is 1. The van der Waals surface area contributed by atoms with Crippen molar-refractivity contribution < 1.29 is 24.0 Å². The van der Waals surface area contributed by atoms with Crippen LogP contribution in [0.3, 0.4) is 0 Å². The lowest BCUT2D eigenvalue weighted by atomic mass is 10.1. The minimum Gasteiger partial charge on any atom is -0.493 e. The Morgan fingerprint density at radius 2 is 1.79 bits per heavy atom. The van der Waals surface area contributed by atoms with Crippen LogP contribution in [0.15, 0.2) is 54.6 Å². The Balaban J connectivity index is 1.84. The largest absolute Gasteiger partial charge is 0.493 e. The molecule has 0 aliphatic heterocycles. The second kappa shape index (κ2) is 13.7. The van der Waals surface area contributed by atoms with Crippen LogP contribution in [-0.2, 0) is 17.8 Å². The van der Waals surface area contributed by atoms with Crippen LogP contribution in [0.5, 0.6) is 11.5 Å². The summed E-state index contributed by atoms with van der Waals surface area (Å²) < 4.78 is 10.8. The minimum absolute atomic E-state index is 0.132. The average Bonchev–Trinajstić information content (AvgIpc) is 3.37. The molecule has 2 aromatic carbocycles. The molecule has 0 unspecified atom stereocenters. The maximum absolute atomic E-state index is 13.7. The van der Waals surface area contributed by atoms with Crippen molar-refractivity contribution in [2.45, 2.75) is 46.2 Å². The molecule has 1 aromatic heterocycles. The summed E-state index contributed by atoms with van der Waals surface area (Å²) in [5.74, 6) is 0.646. The van der Waals surface area contributed by atoms with E-state index in [1.165, 1.54) is 23.1 Å². The highest BCUT2D eigenvalue weighted by Crippen LogP contribution is 2.28. The molecule has 2 amide bonds. The van der Waals surface area contributed by atoms with E-state index in [9.17, 15) is 19.7 Å². The van der Waals surface area contributed by atoms with Crippen LogP contribution < -0.4 is 9.47 Å². The van der Waals surface area contributed by atoms with Gasteiger partial charge in [-0.05, 0) is 62.6 Å². The van der Waals surface area contributed by atoms with Gasteiger partial charge in [-0.25, -0.2) is 0 Å². The molecule has 10 heteroatoms. The molecule has 1 atom stereocenters. The van der Waals surface area contributed by atoms with Crippen molar-refractivity contribution in [1.82, 2.24) is 9.80 Å². The number of nitro groups is 1. The highest BCUT2D eigenvalue weighted by atomic mass is 32.1. The first-order valence-electron chi connectivity index (χ1n) is 12.8. The van der Waals surface area contributed by atoms with Crippen molar-refractivity contribution in [3.63, 3.8) is 0 Å². The lowest BCUT2D eigenvalue weighted by Gasteiger charge is -2.31.